The maximum atomic E-state index is 6.40. The fraction of sp³-hybridized carbons (Fsp3) is 0.208. The molecule has 2 aliphatic heterocycles. The topological polar surface area (TPSA) is 34.1 Å². The summed E-state index contributed by atoms with van der Waals surface area (Å²) in [5.74, 6) is 1.75. The van der Waals surface area contributed by atoms with Crippen molar-refractivity contribution < 1.29 is 9.47 Å². The zero-order valence-corrected chi connectivity index (χ0v) is 16.0. The van der Waals surface area contributed by atoms with Crippen LogP contribution in [0.25, 0.3) is 0 Å². The van der Waals surface area contributed by atoms with Crippen LogP contribution >= 0.6 is 0 Å². The van der Waals surface area contributed by atoms with E-state index in [4.69, 9.17) is 14.6 Å². The number of para-hydroxylation sites is 1. The fourth-order valence-electron chi connectivity index (χ4n) is 3.97. The molecule has 3 aromatic rings. The Morgan fingerprint density at radius 2 is 1.82 bits per heavy atom. The molecule has 0 radical (unpaired) electrons. The van der Waals surface area contributed by atoms with Gasteiger partial charge in [-0.3, -0.25) is 0 Å². The Balaban J connectivity index is 1.59. The van der Waals surface area contributed by atoms with E-state index in [1.165, 1.54) is 16.7 Å². The molecule has 0 amide bonds. The second-order valence-corrected chi connectivity index (χ2v) is 7.30. The zero-order valence-electron chi connectivity index (χ0n) is 16.0. The van der Waals surface area contributed by atoms with Crippen molar-refractivity contribution in [2.45, 2.75) is 25.6 Å². The van der Waals surface area contributed by atoms with E-state index in [1.54, 1.807) is 7.11 Å². The standard InChI is InChI=1S/C24H22N2O2/c1-16-10-12-17(13-11-16)21-15-22-20-8-3-4-9-23(20)28-24(26(22)25-21)18-6-5-7-19(14-18)27-2/h3-14,22,24H,15H2,1-2H3/t22-,24+/m0/s1. The molecule has 0 fully saturated rings. The lowest BCUT2D eigenvalue weighted by molar-refractivity contribution is -0.0191. The van der Waals surface area contributed by atoms with Gasteiger partial charge in [-0.25, -0.2) is 5.01 Å². The van der Waals surface area contributed by atoms with E-state index in [2.05, 4.69) is 54.4 Å². The molecule has 2 aliphatic rings. The van der Waals surface area contributed by atoms with Gasteiger partial charge < -0.3 is 9.47 Å². The monoisotopic (exact) mass is 370 g/mol. The first kappa shape index (κ1) is 16.9. The number of nitrogens with zero attached hydrogens (tertiary/aromatic N) is 2. The molecule has 3 aromatic carbocycles. The number of methoxy groups -OCH3 is 1. The average molecular weight is 370 g/mol. The van der Waals surface area contributed by atoms with Gasteiger partial charge in [0.1, 0.15) is 11.5 Å². The summed E-state index contributed by atoms with van der Waals surface area (Å²) in [5.41, 5.74) is 5.74. The second kappa shape index (κ2) is 6.71. The van der Waals surface area contributed by atoms with Gasteiger partial charge in [0, 0.05) is 17.5 Å². The Morgan fingerprint density at radius 1 is 1.00 bits per heavy atom. The average Bonchev–Trinajstić information content (AvgIpc) is 3.19. The van der Waals surface area contributed by atoms with Crippen LogP contribution in [-0.4, -0.2) is 17.8 Å². The van der Waals surface area contributed by atoms with E-state index in [0.717, 1.165) is 29.2 Å². The Kier molecular flexibility index (Phi) is 4.05. The van der Waals surface area contributed by atoms with E-state index in [1.807, 2.05) is 30.3 Å². The quantitative estimate of drug-likeness (QED) is 0.632. The summed E-state index contributed by atoms with van der Waals surface area (Å²) >= 11 is 0. The van der Waals surface area contributed by atoms with Crippen molar-refractivity contribution >= 4 is 5.71 Å². The van der Waals surface area contributed by atoms with Gasteiger partial charge in [0.2, 0.25) is 6.23 Å². The predicted molar refractivity (Wildman–Crippen MR) is 110 cm³/mol. The highest BCUT2D eigenvalue weighted by molar-refractivity contribution is 6.02. The lowest BCUT2D eigenvalue weighted by Crippen LogP contribution is -2.33. The number of fused-ring (bicyclic) bond motifs is 3. The number of hydrogen-bond donors (Lipinski definition) is 0. The van der Waals surface area contributed by atoms with E-state index in [0.29, 0.717) is 0 Å². The number of ether oxygens (including phenoxy) is 2. The third-order valence-electron chi connectivity index (χ3n) is 5.46. The first-order chi connectivity index (χ1) is 13.7. The Hall–Kier alpha value is -3.27. The molecule has 0 saturated heterocycles. The van der Waals surface area contributed by atoms with Crippen molar-refractivity contribution in [3.63, 3.8) is 0 Å². The van der Waals surface area contributed by atoms with E-state index >= 15 is 0 Å². The fourth-order valence-corrected chi connectivity index (χ4v) is 3.97. The van der Waals surface area contributed by atoms with Crippen LogP contribution in [0.3, 0.4) is 0 Å². The van der Waals surface area contributed by atoms with E-state index in [9.17, 15) is 0 Å². The molecule has 2 atom stereocenters. The minimum atomic E-state index is -0.280. The smallest absolute Gasteiger partial charge is 0.214 e. The van der Waals surface area contributed by atoms with Crippen LogP contribution in [0, 0.1) is 6.92 Å². The molecular weight excluding hydrogens is 348 g/mol. The first-order valence-corrected chi connectivity index (χ1v) is 9.55. The highest BCUT2D eigenvalue weighted by Gasteiger charge is 2.40. The molecule has 2 heterocycles. The summed E-state index contributed by atoms with van der Waals surface area (Å²) in [5, 5.41) is 7.11. The minimum absolute atomic E-state index is 0.164. The van der Waals surface area contributed by atoms with Crippen molar-refractivity contribution in [3.05, 3.63) is 95.1 Å². The Morgan fingerprint density at radius 3 is 2.64 bits per heavy atom. The maximum Gasteiger partial charge on any atom is 0.214 e. The van der Waals surface area contributed by atoms with Crippen molar-refractivity contribution in [1.29, 1.82) is 0 Å². The highest BCUT2D eigenvalue weighted by atomic mass is 16.5. The number of hydrogen-bond acceptors (Lipinski definition) is 4. The normalized spacial score (nSPS) is 20.1. The number of aryl methyl sites for hydroxylation is 1. The zero-order chi connectivity index (χ0) is 19.1. The van der Waals surface area contributed by atoms with Gasteiger partial charge in [-0.05, 0) is 30.7 Å². The van der Waals surface area contributed by atoms with Crippen LogP contribution in [-0.2, 0) is 0 Å². The molecule has 0 aromatic heterocycles. The van der Waals surface area contributed by atoms with Gasteiger partial charge in [-0.15, -0.1) is 0 Å². The van der Waals surface area contributed by atoms with Crippen LogP contribution in [0.1, 0.15) is 40.9 Å². The lowest BCUT2D eigenvalue weighted by atomic mass is 9.95. The molecule has 4 nitrogen and oxygen atoms in total. The summed E-state index contributed by atoms with van der Waals surface area (Å²) in [6.07, 6.45) is 0.585. The Labute approximate surface area is 165 Å². The SMILES string of the molecule is COc1cccc([C@H]2Oc3ccccc3[C@@H]3CC(c4ccc(C)cc4)=NN23)c1. The van der Waals surface area contributed by atoms with Crippen molar-refractivity contribution in [2.75, 3.05) is 7.11 Å². The number of benzene rings is 3. The molecule has 28 heavy (non-hydrogen) atoms. The molecule has 0 saturated carbocycles. The molecule has 140 valence electrons. The lowest BCUT2D eigenvalue weighted by Gasteiger charge is -2.38. The van der Waals surface area contributed by atoms with Gasteiger partial charge in [-0.1, -0.05) is 60.2 Å². The first-order valence-electron chi connectivity index (χ1n) is 9.55. The summed E-state index contributed by atoms with van der Waals surface area (Å²) in [7, 11) is 1.68. The van der Waals surface area contributed by atoms with Gasteiger partial charge in [0.05, 0.1) is 18.9 Å². The Bertz CT molecular complexity index is 1040. The molecule has 0 bridgehead atoms. The van der Waals surface area contributed by atoms with Crippen molar-refractivity contribution in [1.82, 2.24) is 5.01 Å². The molecule has 0 spiro atoms. The van der Waals surface area contributed by atoms with Crippen molar-refractivity contribution in [3.8, 4) is 11.5 Å². The largest absolute Gasteiger partial charge is 0.497 e. The molecule has 0 aliphatic carbocycles. The second-order valence-electron chi connectivity index (χ2n) is 7.30. The highest BCUT2D eigenvalue weighted by Crippen LogP contribution is 2.47. The van der Waals surface area contributed by atoms with Crippen LogP contribution in [0.5, 0.6) is 11.5 Å². The van der Waals surface area contributed by atoms with Crippen LogP contribution in [0.4, 0.5) is 0 Å². The van der Waals surface area contributed by atoms with E-state index in [-0.39, 0.29) is 12.3 Å². The molecule has 4 heteroatoms. The molecule has 0 unspecified atom stereocenters. The van der Waals surface area contributed by atoms with Crippen LogP contribution < -0.4 is 9.47 Å². The predicted octanol–water partition coefficient (Wildman–Crippen LogP) is 5.25. The van der Waals surface area contributed by atoms with E-state index < -0.39 is 0 Å². The van der Waals surface area contributed by atoms with Gasteiger partial charge in [0.15, 0.2) is 0 Å². The number of rotatable bonds is 3. The summed E-state index contributed by atoms with van der Waals surface area (Å²) in [6.45, 7) is 2.10. The third kappa shape index (κ3) is 2.82. The maximum absolute atomic E-state index is 6.40. The van der Waals surface area contributed by atoms with Crippen LogP contribution in [0.2, 0.25) is 0 Å². The van der Waals surface area contributed by atoms with Crippen LogP contribution in [0.15, 0.2) is 77.9 Å². The van der Waals surface area contributed by atoms with Crippen molar-refractivity contribution in [2.24, 2.45) is 5.10 Å². The number of hydrazone groups is 1. The molecule has 0 N–H and O–H groups in total. The van der Waals surface area contributed by atoms with Gasteiger partial charge >= 0.3 is 0 Å². The summed E-state index contributed by atoms with van der Waals surface area (Å²) in [6, 6.07) is 25.1. The molecule has 5 rings (SSSR count). The van der Waals surface area contributed by atoms with Gasteiger partial charge in [0.25, 0.3) is 0 Å². The minimum Gasteiger partial charge on any atom is -0.497 e. The summed E-state index contributed by atoms with van der Waals surface area (Å²) < 4.78 is 11.8. The summed E-state index contributed by atoms with van der Waals surface area (Å²) in [4.78, 5) is 0. The van der Waals surface area contributed by atoms with Gasteiger partial charge in [-0.2, -0.15) is 5.10 Å². The molecular formula is C24H22N2O2. The third-order valence-corrected chi connectivity index (χ3v) is 5.46.